The Morgan fingerprint density at radius 3 is 2.80 bits per heavy atom. The van der Waals surface area contributed by atoms with Gasteiger partial charge in [0.05, 0.1) is 17.6 Å². The average molecular weight is 340 g/mol. The Bertz CT molecular complexity index is 918. The SMILES string of the molecule is O=C(CCn1cncn1)N1CCC(n2c(=O)[nH]c3ccccc32)CC1. The van der Waals surface area contributed by atoms with Crippen molar-refractivity contribution in [2.45, 2.75) is 31.8 Å². The van der Waals surface area contributed by atoms with Crippen LogP contribution in [-0.2, 0) is 11.3 Å². The number of H-pyrrole nitrogens is 1. The third-order valence-corrected chi connectivity index (χ3v) is 4.83. The molecule has 3 aromatic rings. The van der Waals surface area contributed by atoms with E-state index in [4.69, 9.17) is 0 Å². The molecule has 0 unspecified atom stereocenters. The maximum absolute atomic E-state index is 12.4. The van der Waals surface area contributed by atoms with Crippen molar-refractivity contribution in [1.82, 2.24) is 29.2 Å². The first kappa shape index (κ1) is 15.6. The molecule has 1 amide bonds. The lowest BCUT2D eigenvalue weighted by Gasteiger charge is -2.32. The number of nitrogens with zero attached hydrogens (tertiary/aromatic N) is 5. The highest BCUT2D eigenvalue weighted by atomic mass is 16.2. The number of fused-ring (bicyclic) bond motifs is 1. The molecule has 0 aliphatic carbocycles. The standard InChI is InChI=1S/C17H20N6O2/c24-16(7-10-22-12-18-11-19-22)21-8-5-13(6-9-21)23-15-4-2-1-3-14(15)20-17(23)25/h1-4,11-13H,5-10H2,(H,20,25). The predicted molar refractivity (Wildman–Crippen MR) is 92.0 cm³/mol. The summed E-state index contributed by atoms with van der Waals surface area (Å²) in [5.41, 5.74) is 1.72. The Kier molecular flexibility index (Phi) is 4.09. The smallest absolute Gasteiger partial charge is 0.326 e. The topological polar surface area (TPSA) is 88.8 Å². The number of imidazole rings is 1. The number of rotatable bonds is 4. The van der Waals surface area contributed by atoms with Crippen LogP contribution in [0.5, 0.6) is 0 Å². The number of likely N-dealkylation sites (tertiary alicyclic amines) is 1. The van der Waals surface area contributed by atoms with Gasteiger partial charge < -0.3 is 9.88 Å². The summed E-state index contributed by atoms with van der Waals surface area (Å²) in [5.74, 6) is 0.125. The normalized spacial score (nSPS) is 15.8. The highest BCUT2D eigenvalue weighted by Gasteiger charge is 2.25. The Morgan fingerprint density at radius 2 is 2.04 bits per heavy atom. The van der Waals surface area contributed by atoms with Crippen LogP contribution in [0, 0.1) is 0 Å². The molecule has 0 radical (unpaired) electrons. The van der Waals surface area contributed by atoms with Crippen molar-refractivity contribution >= 4 is 16.9 Å². The number of aromatic nitrogens is 5. The summed E-state index contributed by atoms with van der Waals surface area (Å²) < 4.78 is 3.50. The highest BCUT2D eigenvalue weighted by Crippen LogP contribution is 2.25. The minimum absolute atomic E-state index is 0.0721. The summed E-state index contributed by atoms with van der Waals surface area (Å²) in [6, 6.07) is 7.86. The lowest BCUT2D eigenvalue weighted by molar-refractivity contribution is -0.132. The number of hydrogen-bond acceptors (Lipinski definition) is 4. The molecule has 3 heterocycles. The Hall–Kier alpha value is -2.90. The van der Waals surface area contributed by atoms with Crippen LogP contribution in [0.25, 0.3) is 11.0 Å². The van der Waals surface area contributed by atoms with Crippen LogP contribution < -0.4 is 5.69 Å². The Labute approximate surface area is 144 Å². The van der Waals surface area contributed by atoms with Gasteiger partial charge in [-0.1, -0.05) is 12.1 Å². The van der Waals surface area contributed by atoms with Crippen molar-refractivity contribution in [2.24, 2.45) is 0 Å². The van der Waals surface area contributed by atoms with Crippen LogP contribution in [0.1, 0.15) is 25.3 Å². The third-order valence-electron chi connectivity index (χ3n) is 4.83. The fourth-order valence-electron chi connectivity index (χ4n) is 3.53. The van der Waals surface area contributed by atoms with Gasteiger partial charge in [-0.3, -0.25) is 14.0 Å². The van der Waals surface area contributed by atoms with Crippen LogP contribution in [0.15, 0.2) is 41.7 Å². The monoisotopic (exact) mass is 340 g/mol. The van der Waals surface area contributed by atoms with Crippen molar-refractivity contribution in [3.8, 4) is 0 Å². The second-order valence-corrected chi connectivity index (χ2v) is 6.34. The molecule has 1 aliphatic rings. The quantitative estimate of drug-likeness (QED) is 0.772. The molecule has 0 spiro atoms. The van der Waals surface area contributed by atoms with Crippen molar-refractivity contribution in [2.75, 3.05) is 13.1 Å². The van der Waals surface area contributed by atoms with Gasteiger partial charge in [-0.05, 0) is 25.0 Å². The van der Waals surface area contributed by atoms with Crippen LogP contribution in [0.4, 0.5) is 0 Å². The molecule has 25 heavy (non-hydrogen) atoms. The van der Waals surface area contributed by atoms with Crippen LogP contribution in [0.2, 0.25) is 0 Å². The van der Waals surface area contributed by atoms with E-state index in [9.17, 15) is 9.59 Å². The van der Waals surface area contributed by atoms with E-state index < -0.39 is 0 Å². The first-order chi connectivity index (χ1) is 12.2. The van der Waals surface area contributed by atoms with Gasteiger partial charge in [-0.15, -0.1) is 0 Å². The minimum atomic E-state index is -0.0721. The van der Waals surface area contributed by atoms with E-state index in [0.29, 0.717) is 26.1 Å². The summed E-state index contributed by atoms with van der Waals surface area (Å²) in [4.78, 5) is 33.3. The first-order valence-electron chi connectivity index (χ1n) is 8.52. The van der Waals surface area contributed by atoms with Crippen LogP contribution >= 0.6 is 0 Å². The molecule has 1 saturated heterocycles. The lowest BCUT2D eigenvalue weighted by Crippen LogP contribution is -2.40. The third kappa shape index (κ3) is 3.07. The summed E-state index contributed by atoms with van der Waals surface area (Å²) in [6.45, 7) is 1.89. The van der Waals surface area contributed by atoms with Crippen molar-refractivity contribution in [1.29, 1.82) is 0 Å². The van der Waals surface area contributed by atoms with Gasteiger partial charge >= 0.3 is 5.69 Å². The summed E-state index contributed by atoms with van der Waals surface area (Å²) >= 11 is 0. The summed E-state index contributed by atoms with van der Waals surface area (Å²) in [5, 5.41) is 4.01. The molecule has 1 fully saturated rings. The van der Waals surface area contributed by atoms with E-state index in [0.717, 1.165) is 23.9 Å². The number of aryl methyl sites for hydroxylation is 1. The van der Waals surface area contributed by atoms with E-state index in [1.807, 2.05) is 33.7 Å². The molecule has 1 aromatic carbocycles. The van der Waals surface area contributed by atoms with E-state index in [1.54, 1.807) is 11.0 Å². The molecule has 1 aliphatic heterocycles. The second kappa shape index (κ2) is 6.54. The number of nitrogens with one attached hydrogen (secondary N) is 1. The zero-order valence-corrected chi connectivity index (χ0v) is 13.8. The second-order valence-electron chi connectivity index (χ2n) is 6.34. The number of carbonyl (C=O) groups excluding carboxylic acids is 1. The molecular formula is C17H20N6O2. The van der Waals surface area contributed by atoms with Gasteiger partial charge in [0, 0.05) is 25.6 Å². The van der Waals surface area contributed by atoms with Crippen molar-refractivity contribution in [3.05, 3.63) is 47.4 Å². The first-order valence-corrected chi connectivity index (χ1v) is 8.52. The van der Waals surface area contributed by atoms with Gasteiger partial charge in [0.1, 0.15) is 12.7 Å². The molecule has 8 nitrogen and oxygen atoms in total. The van der Waals surface area contributed by atoms with Crippen LogP contribution in [-0.4, -0.2) is 48.2 Å². The fraction of sp³-hybridized carbons (Fsp3) is 0.412. The lowest BCUT2D eigenvalue weighted by atomic mass is 10.0. The molecule has 8 heteroatoms. The molecular weight excluding hydrogens is 320 g/mol. The summed E-state index contributed by atoms with van der Waals surface area (Å²) in [6.07, 6.45) is 5.08. The van der Waals surface area contributed by atoms with Gasteiger partial charge in [0.25, 0.3) is 0 Å². The Morgan fingerprint density at radius 1 is 1.24 bits per heavy atom. The highest BCUT2D eigenvalue weighted by molar-refractivity contribution is 5.76. The van der Waals surface area contributed by atoms with Gasteiger partial charge in [-0.25, -0.2) is 9.78 Å². The zero-order chi connectivity index (χ0) is 17.2. The molecule has 130 valence electrons. The number of para-hydroxylation sites is 2. The maximum atomic E-state index is 12.4. The number of hydrogen-bond donors (Lipinski definition) is 1. The summed E-state index contributed by atoms with van der Waals surface area (Å²) in [7, 11) is 0. The van der Waals surface area contributed by atoms with E-state index in [2.05, 4.69) is 15.1 Å². The van der Waals surface area contributed by atoms with Crippen molar-refractivity contribution in [3.63, 3.8) is 0 Å². The number of amides is 1. The number of carbonyl (C=O) groups is 1. The molecule has 2 aromatic heterocycles. The van der Waals surface area contributed by atoms with E-state index >= 15 is 0 Å². The maximum Gasteiger partial charge on any atom is 0.326 e. The number of aromatic amines is 1. The number of piperidine rings is 1. The molecule has 0 bridgehead atoms. The molecule has 0 saturated carbocycles. The van der Waals surface area contributed by atoms with E-state index in [1.165, 1.54) is 6.33 Å². The largest absolute Gasteiger partial charge is 0.342 e. The molecule has 0 atom stereocenters. The number of benzene rings is 1. The van der Waals surface area contributed by atoms with Gasteiger partial charge in [0.2, 0.25) is 5.91 Å². The van der Waals surface area contributed by atoms with E-state index in [-0.39, 0.29) is 17.6 Å². The Balaban J connectivity index is 1.40. The predicted octanol–water partition coefficient (Wildman–Crippen LogP) is 1.17. The fourth-order valence-corrected chi connectivity index (χ4v) is 3.53. The molecule has 4 rings (SSSR count). The molecule has 1 N–H and O–H groups in total. The average Bonchev–Trinajstić information content (AvgIpc) is 3.26. The van der Waals surface area contributed by atoms with Gasteiger partial charge in [0.15, 0.2) is 0 Å². The van der Waals surface area contributed by atoms with Gasteiger partial charge in [-0.2, -0.15) is 5.10 Å². The minimum Gasteiger partial charge on any atom is -0.342 e. The van der Waals surface area contributed by atoms with Crippen molar-refractivity contribution < 1.29 is 4.79 Å². The van der Waals surface area contributed by atoms with Crippen LogP contribution in [0.3, 0.4) is 0 Å². The zero-order valence-electron chi connectivity index (χ0n) is 13.8.